The van der Waals surface area contributed by atoms with Gasteiger partial charge in [0.1, 0.15) is 17.9 Å². The number of aryl methyl sites for hydroxylation is 1. The number of terminal acetylenes is 1. The number of halogens is 2. The number of rotatable bonds is 13. The van der Waals surface area contributed by atoms with Gasteiger partial charge in [-0.15, -0.1) is 6.42 Å². The van der Waals surface area contributed by atoms with Crippen molar-refractivity contribution in [2.75, 3.05) is 26.7 Å². The van der Waals surface area contributed by atoms with Crippen LogP contribution in [0.2, 0.25) is 0 Å². The number of aromatic nitrogens is 1. The van der Waals surface area contributed by atoms with Gasteiger partial charge in [-0.05, 0) is 112 Å². The minimum absolute atomic E-state index is 0.0277. The van der Waals surface area contributed by atoms with Gasteiger partial charge < -0.3 is 20.0 Å². The predicted octanol–water partition coefficient (Wildman–Crippen LogP) is 7.23. The number of unbranched alkanes of at least 4 members (excludes halogenated alkanes) is 1. The van der Waals surface area contributed by atoms with Gasteiger partial charge >= 0.3 is 0 Å². The van der Waals surface area contributed by atoms with Gasteiger partial charge in [-0.25, -0.2) is 13.8 Å². The highest BCUT2D eigenvalue weighted by Gasteiger charge is 2.43. The second-order valence-electron chi connectivity index (χ2n) is 11.6. The molecule has 1 amide bonds. The zero-order chi connectivity index (χ0) is 32.2. The maximum absolute atomic E-state index is 13.0. The smallest absolute Gasteiger partial charge is 0.251 e. The average Bonchev–Trinajstić information content (AvgIpc) is 3.60. The Hall–Kier alpha value is -4.32. The molecule has 1 aliphatic carbocycles. The van der Waals surface area contributed by atoms with Crippen LogP contribution in [0, 0.1) is 30.9 Å². The molecule has 1 heterocycles. The molecule has 8 heteroatoms. The van der Waals surface area contributed by atoms with Gasteiger partial charge in [0.15, 0.2) is 0 Å². The number of carbonyl (C=O) groups is 1. The highest BCUT2D eigenvalue weighted by Crippen LogP contribution is 2.45. The second-order valence-corrected chi connectivity index (χ2v) is 11.6. The van der Waals surface area contributed by atoms with E-state index in [1.54, 1.807) is 19.4 Å². The molecule has 3 aromatic carbocycles. The van der Waals surface area contributed by atoms with E-state index in [1.165, 1.54) is 17.7 Å². The molecule has 4 aromatic rings. The summed E-state index contributed by atoms with van der Waals surface area (Å²) in [5, 5.41) is 6.76. The molecule has 45 heavy (non-hydrogen) atoms. The van der Waals surface area contributed by atoms with Crippen LogP contribution in [0.4, 0.5) is 8.78 Å². The molecule has 236 valence electrons. The van der Waals surface area contributed by atoms with Gasteiger partial charge in [0.25, 0.3) is 5.91 Å². The van der Waals surface area contributed by atoms with Crippen molar-refractivity contribution in [2.45, 2.75) is 58.0 Å². The summed E-state index contributed by atoms with van der Waals surface area (Å²) in [5.74, 6) is 2.12. The fourth-order valence-electron chi connectivity index (χ4n) is 5.23. The molecular weight excluding hydrogens is 570 g/mol. The molecule has 0 unspecified atom stereocenters. The third kappa shape index (κ3) is 10.1. The summed E-state index contributed by atoms with van der Waals surface area (Å²) in [7, 11) is 2.11. The Morgan fingerprint density at radius 2 is 1.84 bits per heavy atom. The van der Waals surface area contributed by atoms with Crippen molar-refractivity contribution in [3.63, 3.8) is 0 Å². The largest absolute Gasteiger partial charge is 0.445 e. The Bertz CT molecular complexity index is 1540. The maximum atomic E-state index is 13.0. The molecule has 0 spiro atoms. The normalized spacial score (nSPS) is 13.1. The van der Waals surface area contributed by atoms with Crippen molar-refractivity contribution < 1.29 is 18.0 Å². The van der Waals surface area contributed by atoms with E-state index < -0.39 is 11.6 Å². The standard InChI is InChI=1S/C30H36N4O2.C7H6F2/c1-4-6-16-34(3)22-24-18-25(21-26(19-24)29-32-15-17-36-29)28(35)31-13-8-14-33-30(11-12-30)27-10-7-9-23(5-2)20-27;1-5-2-6(8)4-7(9)3-5/h2,7,9-10,15,17-21,33H,4,6,8,11-14,16,22H2,1,3H3,(H,31,35);2-4H,1H3. The molecule has 1 fully saturated rings. The van der Waals surface area contributed by atoms with E-state index in [1.807, 2.05) is 24.3 Å². The van der Waals surface area contributed by atoms with Gasteiger partial charge in [0.2, 0.25) is 5.89 Å². The summed E-state index contributed by atoms with van der Waals surface area (Å²) >= 11 is 0. The average molecular weight is 613 g/mol. The van der Waals surface area contributed by atoms with Gasteiger partial charge in [0.05, 0.1) is 6.20 Å². The Kier molecular flexibility index (Phi) is 12.0. The van der Waals surface area contributed by atoms with Crippen molar-refractivity contribution in [1.82, 2.24) is 20.5 Å². The summed E-state index contributed by atoms with van der Waals surface area (Å²) in [5.41, 5.74) is 5.31. The molecule has 0 atom stereocenters. The first-order valence-corrected chi connectivity index (χ1v) is 15.5. The number of oxazole rings is 1. The molecule has 2 N–H and O–H groups in total. The van der Waals surface area contributed by atoms with Crippen LogP contribution in [0.1, 0.15) is 71.6 Å². The fourth-order valence-corrected chi connectivity index (χ4v) is 5.23. The van der Waals surface area contributed by atoms with Crippen LogP contribution in [0.15, 0.2) is 77.5 Å². The first-order valence-electron chi connectivity index (χ1n) is 15.5. The van der Waals surface area contributed by atoms with E-state index in [9.17, 15) is 13.6 Å². The minimum atomic E-state index is -0.521. The minimum Gasteiger partial charge on any atom is -0.445 e. The predicted molar refractivity (Wildman–Crippen MR) is 175 cm³/mol. The number of nitrogens with zero attached hydrogens (tertiary/aromatic N) is 2. The molecule has 5 rings (SSSR count). The number of amides is 1. The van der Waals surface area contributed by atoms with E-state index in [-0.39, 0.29) is 11.4 Å². The molecule has 1 saturated carbocycles. The quantitative estimate of drug-likeness (QED) is 0.123. The van der Waals surface area contributed by atoms with Crippen LogP contribution in [0.25, 0.3) is 11.5 Å². The van der Waals surface area contributed by atoms with E-state index in [4.69, 9.17) is 10.8 Å². The summed E-state index contributed by atoms with van der Waals surface area (Å²) in [6.45, 7) is 7.04. The topological polar surface area (TPSA) is 70.4 Å². The number of hydrogen-bond acceptors (Lipinski definition) is 5. The second kappa shape index (κ2) is 16.1. The highest BCUT2D eigenvalue weighted by atomic mass is 19.1. The lowest BCUT2D eigenvalue weighted by atomic mass is 10.0. The van der Waals surface area contributed by atoms with E-state index >= 15 is 0 Å². The first kappa shape index (κ1) is 33.6. The van der Waals surface area contributed by atoms with Crippen LogP contribution in [-0.2, 0) is 12.1 Å². The summed E-state index contributed by atoms with van der Waals surface area (Å²) in [4.78, 5) is 19.6. The molecule has 0 bridgehead atoms. The number of hydrogen-bond donors (Lipinski definition) is 2. The van der Waals surface area contributed by atoms with Crippen molar-refractivity contribution in [3.05, 3.63) is 113 Å². The Morgan fingerprint density at radius 3 is 2.49 bits per heavy atom. The van der Waals surface area contributed by atoms with E-state index in [0.29, 0.717) is 23.6 Å². The lowest BCUT2D eigenvalue weighted by Crippen LogP contribution is -2.33. The van der Waals surface area contributed by atoms with Crippen molar-refractivity contribution >= 4 is 5.91 Å². The van der Waals surface area contributed by atoms with Crippen LogP contribution in [0.3, 0.4) is 0 Å². The van der Waals surface area contributed by atoms with Crippen molar-refractivity contribution in [1.29, 1.82) is 0 Å². The SMILES string of the molecule is C#Cc1cccc(C2(NCCCNC(=O)c3cc(CN(C)CCCC)cc(-c4ncco4)c3)CC2)c1.Cc1cc(F)cc(F)c1. The molecule has 0 radical (unpaired) electrons. The molecule has 0 saturated heterocycles. The molecular formula is C37H42F2N4O2. The van der Waals surface area contributed by atoms with Crippen LogP contribution in [-0.4, -0.2) is 42.5 Å². The zero-order valence-corrected chi connectivity index (χ0v) is 26.3. The van der Waals surface area contributed by atoms with Crippen molar-refractivity contribution in [3.8, 4) is 23.8 Å². The third-order valence-corrected chi connectivity index (χ3v) is 7.72. The lowest BCUT2D eigenvalue weighted by molar-refractivity contribution is 0.0953. The van der Waals surface area contributed by atoms with Crippen LogP contribution >= 0.6 is 0 Å². The van der Waals surface area contributed by atoms with Gasteiger partial charge in [0, 0.05) is 41.4 Å². The fraction of sp³-hybridized carbons (Fsp3) is 0.351. The Morgan fingerprint density at radius 1 is 1.07 bits per heavy atom. The number of benzene rings is 3. The monoisotopic (exact) mass is 612 g/mol. The van der Waals surface area contributed by atoms with Crippen LogP contribution < -0.4 is 10.6 Å². The van der Waals surface area contributed by atoms with E-state index in [0.717, 1.165) is 74.5 Å². The highest BCUT2D eigenvalue weighted by molar-refractivity contribution is 5.95. The summed E-state index contributed by atoms with van der Waals surface area (Å²) in [6, 6.07) is 17.5. The number of nitrogens with one attached hydrogen (secondary N) is 2. The molecule has 1 aromatic heterocycles. The van der Waals surface area contributed by atoms with Gasteiger partial charge in [-0.2, -0.15) is 0 Å². The van der Waals surface area contributed by atoms with Crippen LogP contribution in [0.5, 0.6) is 0 Å². The Balaban J connectivity index is 0.000000440. The van der Waals surface area contributed by atoms with Gasteiger partial charge in [-0.3, -0.25) is 4.79 Å². The third-order valence-electron chi connectivity index (χ3n) is 7.72. The zero-order valence-electron chi connectivity index (χ0n) is 26.3. The molecule has 0 aliphatic heterocycles. The molecule has 6 nitrogen and oxygen atoms in total. The van der Waals surface area contributed by atoms with Gasteiger partial charge in [-0.1, -0.05) is 31.4 Å². The van der Waals surface area contributed by atoms with Crippen molar-refractivity contribution in [2.24, 2.45) is 0 Å². The van der Waals surface area contributed by atoms with E-state index in [2.05, 4.69) is 58.6 Å². The summed E-state index contributed by atoms with van der Waals surface area (Å²) in [6.07, 6.45) is 14.1. The summed E-state index contributed by atoms with van der Waals surface area (Å²) < 4.78 is 29.9. The maximum Gasteiger partial charge on any atom is 0.251 e. The number of carbonyl (C=O) groups excluding carboxylic acids is 1. The molecule has 1 aliphatic rings. The lowest BCUT2D eigenvalue weighted by Gasteiger charge is -2.19. The Labute approximate surface area is 265 Å². The first-order chi connectivity index (χ1) is 21.7.